The Morgan fingerprint density at radius 1 is 1.16 bits per heavy atom. The zero-order chi connectivity index (χ0) is 22.5. The number of aryl methyl sites for hydroxylation is 1. The summed E-state index contributed by atoms with van der Waals surface area (Å²) < 4.78 is 1.77. The molecule has 2 amide bonds. The van der Waals surface area contributed by atoms with E-state index in [4.69, 9.17) is 11.6 Å². The van der Waals surface area contributed by atoms with E-state index >= 15 is 0 Å². The fourth-order valence-corrected chi connectivity index (χ4v) is 4.87. The molecule has 0 aliphatic heterocycles. The van der Waals surface area contributed by atoms with E-state index in [9.17, 15) is 9.59 Å². The van der Waals surface area contributed by atoms with Crippen molar-refractivity contribution >= 4 is 63.0 Å². The maximum absolute atomic E-state index is 12.3. The molecular formula is C19H16ClN7O2S3. The van der Waals surface area contributed by atoms with Gasteiger partial charge in [-0.25, -0.2) is 0 Å². The second-order valence-corrected chi connectivity index (χ2v) is 9.85. The highest BCUT2D eigenvalue weighted by Gasteiger charge is 2.18. The zero-order valence-electron chi connectivity index (χ0n) is 16.6. The predicted octanol–water partition coefficient (Wildman–Crippen LogP) is 3.80. The maximum atomic E-state index is 12.3. The molecule has 3 heterocycles. The fraction of sp³-hybridized carbons (Fsp3) is 0.158. The topological polar surface area (TPSA) is 115 Å². The molecule has 0 radical (unpaired) electrons. The van der Waals surface area contributed by atoms with Crippen LogP contribution in [0.15, 0.2) is 46.9 Å². The number of benzene rings is 1. The van der Waals surface area contributed by atoms with Crippen molar-refractivity contribution in [1.82, 2.24) is 30.3 Å². The number of thioether (sulfide) groups is 1. The average Bonchev–Trinajstić information content (AvgIpc) is 3.52. The molecule has 0 aliphatic rings. The van der Waals surface area contributed by atoms with Crippen LogP contribution in [0.2, 0.25) is 5.02 Å². The van der Waals surface area contributed by atoms with Crippen LogP contribution in [0.5, 0.6) is 0 Å². The van der Waals surface area contributed by atoms with Crippen LogP contribution in [-0.2, 0) is 11.3 Å². The average molecular weight is 506 g/mol. The molecule has 9 nitrogen and oxygen atoms in total. The van der Waals surface area contributed by atoms with E-state index in [0.29, 0.717) is 26.0 Å². The highest BCUT2D eigenvalue weighted by molar-refractivity contribution is 7.99. The standard InChI is InChI=1S/C19H16ClN7O2S3/c1-11-23-25-18(32-11)22-16(28)10-31-19-26-24-15(9-21-17(29)14-6-3-7-30-14)27(19)13-5-2-4-12(20)8-13/h2-8H,9-10H2,1H3,(H,21,29)(H,22,25,28). The van der Waals surface area contributed by atoms with E-state index < -0.39 is 0 Å². The molecule has 4 rings (SSSR count). The lowest BCUT2D eigenvalue weighted by atomic mass is 10.3. The summed E-state index contributed by atoms with van der Waals surface area (Å²) >= 11 is 10.0. The first-order valence-corrected chi connectivity index (χ1v) is 12.3. The highest BCUT2D eigenvalue weighted by Crippen LogP contribution is 2.24. The molecule has 0 atom stereocenters. The van der Waals surface area contributed by atoms with Gasteiger partial charge < -0.3 is 5.32 Å². The molecule has 0 spiro atoms. The second-order valence-electron chi connectivity index (χ2n) is 6.34. The van der Waals surface area contributed by atoms with Crippen LogP contribution in [0.3, 0.4) is 0 Å². The lowest BCUT2D eigenvalue weighted by Crippen LogP contribution is -2.24. The van der Waals surface area contributed by atoms with E-state index in [-0.39, 0.29) is 24.1 Å². The van der Waals surface area contributed by atoms with Crippen LogP contribution in [0, 0.1) is 6.92 Å². The summed E-state index contributed by atoms with van der Waals surface area (Å²) in [6.07, 6.45) is 0. The lowest BCUT2D eigenvalue weighted by Gasteiger charge is -2.11. The van der Waals surface area contributed by atoms with Gasteiger partial charge in [-0.1, -0.05) is 46.8 Å². The van der Waals surface area contributed by atoms with Gasteiger partial charge in [0.1, 0.15) is 5.01 Å². The van der Waals surface area contributed by atoms with Crippen LogP contribution < -0.4 is 10.6 Å². The van der Waals surface area contributed by atoms with Gasteiger partial charge in [0.25, 0.3) is 5.91 Å². The number of thiophene rings is 1. The number of nitrogens with zero attached hydrogens (tertiary/aromatic N) is 5. The number of rotatable bonds is 8. The van der Waals surface area contributed by atoms with Crippen molar-refractivity contribution < 1.29 is 9.59 Å². The van der Waals surface area contributed by atoms with Crippen LogP contribution in [0.4, 0.5) is 5.13 Å². The molecule has 2 N–H and O–H groups in total. The van der Waals surface area contributed by atoms with Gasteiger partial charge in [0, 0.05) is 5.02 Å². The first kappa shape index (κ1) is 22.4. The van der Waals surface area contributed by atoms with Crippen molar-refractivity contribution in [3.63, 3.8) is 0 Å². The summed E-state index contributed by atoms with van der Waals surface area (Å²) in [6, 6.07) is 10.8. The van der Waals surface area contributed by atoms with E-state index in [1.165, 1.54) is 34.4 Å². The van der Waals surface area contributed by atoms with Crippen LogP contribution in [0.1, 0.15) is 20.5 Å². The molecule has 32 heavy (non-hydrogen) atoms. The number of halogens is 1. The summed E-state index contributed by atoms with van der Waals surface area (Å²) in [5.41, 5.74) is 0.727. The van der Waals surface area contributed by atoms with Crippen molar-refractivity contribution in [2.24, 2.45) is 0 Å². The first-order chi connectivity index (χ1) is 15.5. The Balaban J connectivity index is 1.51. The molecule has 3 aromatic heterocycles. The number of hydrogen-bond acceptors (Lipinski definition) is 9. The van der Waals surface area contributed by atoms with E-state index in [0.717, 1.165) is 10.7 Å². The molecule has 13 heteroatoms. The molecule has 164 valence electrons. The van der Waals surface area contributed by atoms with Crippen molar-refractivity contribution in [2.75, 3.05) is 11.1 Å². The second kappa shape index (κ2) is 10.2. The van der Waals surface area contributed by atoms with Crippen molar-refractivity contribution in [3.05, 3.63) is 62.5 Å². The van der Waals surface area contributed by atoms with E-state index in [1.807, 2.05) is 30.5 Å². The van der Waals surface area contributed by atoms with Crippen LogP contribution >= 0.6 is 46.0 Å². The van der Waals surface area contributed by atoms with Crippen molar-refractivity contribution in [2.45, 2.75) is 18.6 Å². The number of aromatic nitrogens is 5. The number of carbonyl (C=O) groups excluding carboxylic acids is 2. The third-order valence-electron chi connectivity index (χ3n) is 4.02. The Hall–Kier alpha value is -2.80. The predicted molar refractivity (Wildman–Crippen MR) is 126 cm³/mol. The first-order valence-electron chi connectivity index (χ1n) is 9.24. The van der Waals surface area contributed by atoms with Crippen molar-refractivity contribution in [3.8, 4) is 5.69 Å². The number of amides is 2. The largest absolute Gasteiger partial charge is 0.344 e. The number of nitrogens with one attached hydrogen (secondary N) is 2. The summed E-state index contributed by atoms with van der Waals surface area (Å²) in [4.78, 5) is 25.3. The van der Waals surface area contributed by atoms with Gasteiger partial charge in [-0.2, -0.15) is 0 Å². The molecule has 1 aromatic carbocycles. The van der Waals surface area contributed by atoms with Gasteiger partial charge in [-0.3, -0.25) is 19.5 Å². The lowest BCUT2D eigenvalue weighted by molar-refractivity contribution is -0.113. The Kier molecular flexibility index (Phi) is 7.15. The number of anilines is 1. The van der Waals surface area contributed by atoms with Gasteiger partial charge in [0.2, 0.25) is 11.0 Å². The van der Waals surface area contributed by atoms with Crippen LogP contribution in [0.25, 0.3) is 5.69 Å². The Morgan fingerprint density at radius 3 is 2.75 bits per heavy atom. The molecule has 4 aromatic rings. The quantitative estimate of drug-likeness (QED) is 0.350. The molecule has 0 fully saturated rings. The third-order valence-corrected chi connectivity index (χ3v) is 6.81. The summed E-state index contributed by atoms with van der Waals surface area (Å²) in [5, 5.41) is 25.9. The third kappa shape index (κ3) is 5.51. The van der Waals surface area contributed by atoms with Gasteiger partial charge >= 0.3 is 0 Å². The van der Waals surface area contributed by atoms with E-state index in [1.54, 1.807) is 22.8 Å². The normalized spacial score (nSPS) is 10.8. The molecule has 0 saturated carbocycles. The molecule has 0 aliphatic carbocycles. The van der Waals surface area contributed by atoms with Crippen LogP contribution in [-0.4, -0.2) is 42.5 Å². The highest BCUT2D eigenvalue weighted by atomic mass is 35.5. The zero-order valence-corrected chi connectivity index (χ0v) is 19.8. The molecule has 0 saturated heterocycles. The Labute approximate surface area is 200 Å². The number of carbonyl (C=O) groups is 2. The summed E-state index contributed by atoms with van der Waals surface area (Å²) in [6.45, 7) is 1.97. The molecular weight excluding hydrogens is 490 g/mol. The summed E-state index contributed by atoms with van der Waals surface area (Å²) in [5.74, 6) is 0.180. The minimum Gasteiger partial charge on any atom is -0.344 e. The fourth-order valence-electron chi connectivity index (χ4n) is 2.67. The van der Waals surface area contributed by atoms with Gasteiger partial charge in [-0.05, 0) is 36.6 Å². The van der Waals surface area contributed by atoms with Gasteiger partial charge in [-0.15, -0.1) is 31.7 Å². The SMILES string of the molecule is Cc1nnc(NC(=O)CSc2nnc(CNC(=O)c3cccs3)n2-c2cccc(Cl)c2)s1. The monoisotopic (exact) mass is 505 g/mol. The summed E-state index contributed by atoms with van der Waals surface area (Å²) in [7, 11) is 0. The van der Waals surface area contributed by atoms with Gasteiger partial charge in [0.05, 0.1) is 22.9 Å². The van der Waals surface area contributed by atoms with Crippen molar-refractivity contribution in [1.29, 1.82) is 0 Å². The smallest absolute Gasteiger partial charge is 0.261 e. The Morgan fingerprint density at radius 2 is 2.03 bits per heavy atom. The minimum atomic E-state index is -0.237. The molecule has 0 bridgehead atoms. The number of hydrogen-bond donors (Lipinski definition) is 2. The van der Waals surface area contributed by atoms with E-state index in [2.05, 4.69) is 31.0 Å². The minimum absolute atomic E-state index is 0.0961. The molecule has 0 unspecified atom stereocenters. The maximum Gasteiger partial charge on any atom is 0.261 e. The Bertz CT molecular complexity index is 1240. The van der Waals surface area contributed by atoms with Gasteiger partial charge in [0.15, 0.2) is 11.0 Å².